The van der Waals surface area contributed by atoms with Gasteiger partial charge in [0.05, 0.1) is 0 Å². The average Bonchev–Trinajstić information content (AvgIpc) is 2.39. The molecule has 0 unspecified atom stereocenters. The molecule has 0 aliphatic carbocycles. The SMILES string of the molecule is Cc1ccc(-c2cc(C(C)C)ccc2C)c(CBr)c1. The molecule has 100 valence electrons. The molecule has 0 atom stereocenters. The molecule has 0 spiro atoms. The third-order valence-electron chi connectivity index (χ3n) is 3.62. The van der Waals surface area contributed by atoms with Gasteiger partial charge in [0.1, 0.15) is 0 Å². The van der Waals surface area contributed by atoms with E-state index < -0.39 is 0 Å². The van der Waals surface area contributed by atoms with Crippen molar-refractivity contribution in [2.24, 2.45) is 0 Å². The van der Waals surface area contributed by atoms with Crippen LogP contribution in [0, 0.1) is 13.8 Å². The van der Waals surface area contributed by atoms with Crippen molar-refractivity contribution >= 4 is 15.9 Å². The lowest BCUT2D eigenvalue weighted by molar-refractivity contribution is 0.866. The molecule has 0 nitrogen and oxygen atoms in total. The topological polar surface area (TPSA) is 0 Å². The minimum absolute atomic E-state index is 0.567. The molecule has 0 saturated carbocycles. The number of hydrogen-bond acceptors (Lipinski definition) is 0. The summed E-state index contributed by atoms with van der Waals surface area (Å²) in [5, 5.41) is 0.898. The summed E-state index contributed by atoms with van der Waals surface area (Å²) in [5.74, 6) is 0.567. The highest BCUT2D eigenvalue weighted by Gasteiger charge is 2.09. The third-order valence-corrected chi connectivity index (χ3v) is 4.23. The molecule has 0 aromatic heterocycles. The average molecular weight is 317 g/mol. The molecule has 2 aromatic carbocycles. The Bertz CT molecular complexity index is 582. The van der Waals surface area contributed by atoms with Crippen LogP contribution in [0.2, 0.25) is 0 Å². The second kappa shape index (κ2) is 5.92. The predicted octanol–water partition coefficient (Wildman–Crippen LogP) is 5.99. The van der Waals surface area contributed by atoms with E-state index in [0.29, 0.717) is 5.92 Å². The fourth-order valence-corrected chi connectivity index (χ4v) is 2.85. The Hall–Kier alpha value is -1.08. The van der Waals surface area contributed by atoms with Gasteiger partial charge in [0.25, 0.3) is 0 Å². The van der Waals surface area contributed by atoms with Gasteiger partial charge >= 0.3 is 0 Å². The van der Waals surface area contributed by atoms with Gasteiger partial charge in [-0.1, -0.05) is 71.7 Å². The molecule has 0 N–H and O–H groups in total. The monoisotopic (exact) mass is 316 g/mol. The molecule has 0 amide bonds. The lowest BCUT2D eigenvalue weighted by atomic mass is 9.91. The Kier molecular flexibility index (Phi) is 4.46. The molecule has 0 aliphatic heterocycles. The fraction of sp³-hybridized carbons (Fsp3) is 0.333. The molecule has 19 heavy (non-hydrogen) atoms. The van der Waals surface area contributed by atoms with Crippen molar-refractivity contribution < 1.29 is 0 Å². The molecular formula is C18H21Br. The van der Waals surface area contributed by atoms with Crippen molar-refractivity contribution in [1.82, 2.24) is 0 Å². The van der Waals surface area contributed by atoms with Crippen LogP contribution in [0.5, 0.6) is 0 Å². The zero-order chi connectivity index (χ0) is 14.0. The van der Waals surface area contributed by atoms with Gasteiger partial charge in [0, 0.05) is 5.33 Å². The van der Waals surface area contributed by atoms with E-state index in [-0.39, 0.29) is 0 Å². The summed E-state index contributed by atoms with van der Waals surface area (Å²) in [6.07, 6.45) is 0. The van der Waals surface area contributed by atoms with Crippen LogP contribution >= 0.6 is 15.9 Å². The van der Waals surface area contributed by atoms with E-state index in [9.17, 15) is 0 Å². The summed E-state index contributed by atoms with van der Waals surface area (Å²) in [6.45, 7) is 8.83. The highest BCUT2D eigenvalue weighted by atomic mass is 79.9. The molecule has 1 heteroatoms. The van der Waals surface area contributed by atoms with E-state index >= 15 is 0 Å². The Morgan fingerprint density at radius 1 is 0.947 bits per heavy atom. The Morgan fingerprint density at radius 2 is 1.68 bits per heavy atom. The van der Waals surface area contributed by atoms with Crippen LogP contribution in [-0.2, 0) is 5.33 Å². The van der Waals surface area contributed by atoms with Crippen LogP contribution in [0.3, 0.4) is 0 Å². The predicted molar refractivity (Wildman–Crippen MR) is 88.1 cm³/mol. The summed E-state index contributed by atoms with van der Waals surface area (Å²) in [4.78, 5) is 0. The number of alkyl halides is 1. The van der Waals surface area contributed by atoms with Crippen LogP contribution in [0.15, 0.2) is 36.4 Å². The van der Waals surface area contributed by atoms with Crippen molar-refractivity contribution in [2.45, 2.75) is 38.9 Å². The number of aryl methyl sites for hydroxylation is 2. The fourth-order valence-electron chi connectivity index (χ4n) is 2.38. The molecule has 0 bridgehead atoms. The van der Waals surface area contributed by atoms with Crippen molar-refractivity contribution in [1.29, 1.82) is 0 Å². The summed E-state index contributed by atoms with van der Waals surface area (Å²) >= 11 is 3.61. The lowest BCUT2D eigenvalue weighted by Crippen LogP contribution is -1.94. The Morgan fingerprint density at radius 3 is 2.32 bits per heavy atom. The number of rotatable bonds is 3. The highest BCUT2D eigenvalue weighted by molar-refractivity contribution is 9.08. The molecule has 2 rings (SSSR count). The van der Waals surface area contributed by atoms with Gasteiger partial charge in [-0.25, -0.2) is 0 Å². The standard InChI is InChI=1S/C18H21Br/c1-12(2)15-7-6-14(4)18(10-15)17-8-5-13(3)9-16(17)11-19/h5-10,12H,11H2,1-4H3. The van der Waals surface area contributed by atoms with Gasteiger partial charge in [-0.15, -0.1) is 0 Å². The van der Waals surface area contributed by atoms with Gasteiger partial charge in [-0.05, 0) is 47.6 Å². The van der Waals surface area contributed by atoms with E-state index in [4.69, 9.17) is 0 Å². The van der Waals surface area contributed by atoms with Gasteiger partial charge in [-0.2, -0.15) is 0 Å². The Balaban J connectivity index is 2.61. The molecule has 0 saturated heterocycles. The largest absolute Gasteiger partial charge is 0.0876 e. The number of benzene rings is 2. The van der Waals surface area contributed by atoms with Crippen molar-refractivity contribution in [3.8, 4) is 11.1 Å². The van der Waals surface area contributed by atoms with E-state index in [0.717, 1.165) is 5.33 Å². The van der Waals surface area contributed by atoms with E-state index in [2.05, 4.69) is 80.0 Å². The van der Waals surface area contributed by atoms with Gasteiger partial charge < -0.3 is 0 Å². The third kappa shape index (κ3) is 3.09. The highest BCUT2D eigenvalue weighted by Crippen LogP contribution is 2.31. The maximum atomic E-state index is 3.61. The Labute approximate surface area is 125 Å². The van der Waals surface area contributed by atoms with Gasteiger partial charge in [-0.3, -0.25) is 0 Å². The molecule has 2 aromatic rings. The minimum Gasteiger partial charge on any atom is -0.0876 e. The van der Waals surface area contributed by atoms with E-state index in [1.54, 1.807) is 0 Å². The zero-order valence-corrected chi connectivity index (χ0v) is 13.7. The van der Waals surface area contributed by atoms with Crippen molar-refractivity contribution in [3.05, 3.63) is 58.7 Å². The smallest absolute Gasteiger partial charge is 0.0289 e. The second-order valence-electron chi connectivity index (χ2n) is 5.52. The van der Waals surface area contributed by atoms with Crippen LogP contribution in [0.4, 0.5) is 0 Å². The number of hydrogen-bond donors (Lipinski definition) is 0. The van der Waals surface area contributed by atoms with Crippen molar-refractivity contribution in [2.75, 3.05) is 0 Å². The summed E-state index contributed by atoms with van der Waals surface area (Å²) < 4.78 is 0. The first-order valence-electron chi connectivity index (χ1n) is 6.79. The maximum absolute atomic E-state index is 3.61. The molecule has 0 fully saturated rings. The van der Waals surface area contributed by atoms with Crippen LogP contribution in [-0.4, -0.2) is 0 Å². The van der Waals surface area contributed by atoms with Gasteiger partial charge in [0.15, 0.2) is 0 Å². The van der Waals surface area contributed by atoms with Crippen molar-refractivity contribution in [3.63, 3.8) is 0 Å². The quantitative estimate of drug-likeness (QED) is 0.610. The molecule has 0 radical (unpaired) electrons. The normalized spacial score (nSPS) is 11.1. The molecule has 0 aliphatic rings. The maximum Gasteiger partial charge on any atom is 0.0289 e. The lowest BCUT2D eigenvalue weighted by Gasteiger charge is -2.14. The first-order chi connectivity index (χ1) is 9.02. The first kappa shape index (κ1) is 14.3. The number of halogens is 1. The summed E-state index contributed by atoms with van der Waals surface area (Å²) in [7, 11) is 0. The van der Waals surface area contributed by atoms with Crippen LogP contribution in [0.1, 0.15) is 42.0 Å². The first-order valence-corrected chi connectivity index (χ1v) is 7.91. The summed E-state index contributed by atoms with van der Waals surface area (Å²) in [5.41, 5.74) is 8.14. The minimum atomic E-state index is 0.567. The van der Waals surface area contributed by atoms with Gasteiger partial charge in [0.2, 0.25) is 0 Å². The van der Waals surface area contributed by atoms with Crippen LogP contribution < -0.4 is 0 Å². The summed E-state index contributed by atoms with van der Waals surface area (Å²) in [6, 6.07) is 13.5. The zero-order valence-electron chi connectivity index (χ0n) is 12.1. The molecule has 0 heterocycles. The van der Waals surface area contributed by atoms with E-state index in [1.807, 2.05) is 0 Å². The molecular weight excluding hydrogens is 296 g/mol. The second-order valence-corrected chi connectivity index (χ2v) is 6.08. The van der Waals surface area contributed by atoms with Crippen LogP contribution in [0.25, 0.3) is 11.1 Å². The van der Waals surface area contributed by atoms with E-state index in [1.165, 1.54) is 33.4 Å².